The van der Waals surface area contributed by atoms with Crippen LogP contribution in [0.4, 0.5) is 0 Å². The SMILES string of the molecule is CCC1=CC=C[CH]1[Ti][CH]1C=CC=C1CC.Cl.Cl. The summed E-state index contributed by atoms with van der Waals surface area (Å²) in [5.74, 6) is 0. The van der Waals surface area contributed by atoms with Crippen molar-refractivity contribution in [3.63, 3.8) is 0 Å². The first-order chi connectivity index (χ1) is 7.35. The minimum atomic E-state index is 0. The Kier molecular flexibility index (Phi) is 8.50. The fourth-order valence-electron chi connectivity index (χ4n) is 2.23. The molecule has 2 aliphatic carbocycles. The standard InChI is InChI=1S/2C7H9.2ClH.Ti/c2*1-2-7-5-3-4-6-7;;;/h2*3-6H,2H2,1H3;2*1H;. The molecule has 0 aromatic heterocycles. The van der Waals surface area contributed by atoms with Crippen LogP contribution in [0.2, 0.25) is 8.45 Å². The molecule has 0 N–H and O–H groups in total. The van der Waals surface area contributed by atoms with Crippen LogP contribution in [0.25, 0.3) is 0 Å². The first-order valence-corrected chi connectivity index (χ1v) is 7.66. The monoisotopic (exact) mass is 306 g/mol. The van der Waals surface area contributed by atoms with Crippen LogP contribution in [0.15, 0.2) is 47.6 Å². The quantitative estimate of drug-likeness (QED) is 0.618. The second kappa shape index (κ2) is 8.37. The molecule has 0 radical (unpaired) electrons. The third kappa shape index (κ3) is 4.14. The summed E-state index contributed by atoms with van der Waals surface area (Å²) in [6.07, 6.45) is 16.4. The van der Waals surface area contributed by atoms with E-state index in [1.807, 2.05) is 0 Å². The average Bonchev–Trinajstić information content (AvgIpc) is 2.87. The Labute approximate surface area is 126 Å². The molecule has 17 heavy (non-hydrogen) atoms. The molecule has 0 nitrogen and oxygen atoms in total. The van der Waals surface area contributed by atoms with Crippen molar-refractivity contribution < 1.29 is 19.2 Å². The first-order valence-electron chi connectivity index (χ1n) is 5.85. The molecule has 94 valence electrons. The molecule has 2 unspecified atom stereocenters. The van der Waals surface area contributed by atoms with E-state index in [2.05, 4.69) is 50.3 Å². The zero-order valence-electron chi connectivity index (χ0n) is 10.3. The minimum Gasteiger partial charge on any atom is -0.147 e. The van der Waals surface area contributed by atoms with E-state index in [0.717, 1.165) is 8.45 Å². The van der Waals surface area contributed by atoms with Gasteiger partial charge in [0.1, 0.15) is 0 Å². The van der Waals surface area contributed by atoms with E-state index in [-0.39, 0.29) is 44.0 Å². The van der Waals surface area contributed by atoms with Gasteiger partial charge in [0.05, 0.1) is 0 Å². The van der Waals surface area contributed by atoms with Gasteiger partial charge in [-0.3, -0.25) is 0 Å². The van der Waals surface area contributed by atoms with Gasteiger partial charge in [-0.1, -0.05) is 0 Å². The maximum absolute atomic E-state index is 2.41. The minimum absolute atomic E-state index is 0. The van der Waals surface area contributed by atoms with Crippen LogP contribution < -0.4 is 0 Å². The predicted molar refractivity (Wildman–Crippen MR) is 77.0 cm³/mol. The van der Waals surface area contributed by atoms with Crippen LogP contribution in [-0.4, -0.2) is 0 Å². The van der Waals surface area contributed by atoms with Crippen molar-refractivity contribution in [1.29, 1.82) is 0 Å². The van der Waals surface area contributed by atoms with E-state index >= 15 is 0 Å². The van der Waals surface area contributed by atoms with Crippen molar-refractivity contribution in [3.05, 3.63) is 47.6 Å². The van der Waals surface area contributed by atoms with Crippen molar-refractivity contribution in [1.82, 2.24) is 0 Å². The Morgan fingerprint density at radius 1 is 0.882 bits per heavy atom. The molecule has 2 rings (SSSR count). The summed E-state index contributed by atoms with van der Waals surface area (Å²) in [6.45, 7) is 4.55. The summed E-state index contributed by atoms with van der Waals surface area (Å²) >= 11 is 0.0705. The van der Waals surface area contributed by atoms with Crippen molar-refractivity contribution in [2.75, 3.05) is 0 Å². The molecule has 0 aromatic rings. The van der Waals surface area contributed by atoms with Crippen LogP contribution in [0.5, 0.6) is 0 Å². The number of hydrogen-bond acceptors (Lipinski definition) is 0. The van der Waals surface area contributed by atoms with Crippen molar-refractivity contribution in [3.8, 4) is 0 Å². The van der Waals surface area contributed by atoms with E-state index in [1.54, 1.807) is 11.1 Å². The molecule has 0 saturated carbocycles. The molecule has 0 aliphatic heterocycles. The van der Waals surface area contributed by atoms with Gasteiger partial charge in [0.2, 0.25) is 0 Å². The van der Waals surface area contributed by atoms with Gasteiger partial charge >= 0.3 is 102 Å². The number of halogens is 2. The molecule has 0 amide bonds. The summed E-state index contributed by atoms with van der Waals surface area (Å²) in [5, 5.41) is 0. The molecule has 0 saturated heterocycles. The number of hydrogen-bond donors (Lipinski definition) is 0. The first kappa shape index (κ1) is 17.3. The van der Waals surface area contributed by atoms with E-state index in [1.165, 1.54) is 12.8 Å². The molecule has 2 atom stereocenters. The largest absolute Gasteiger partial charge is 0.147 e. The Balaban J connectivity index is 0.00000128. The van der Waals surface area contributed by atoms with Gasteiger partial charge in [0, 0.05) is 0 Å². The Hall–Kier alpha value is 0.254. The maximum atomic E-state index is 2.41. The molecular weight excluding hydrogens is 287 g/mol. The fraction of sp³-hybridized carbons (Fsp3) is 0.429. The zero-order valence-corrected chi connectivity index (χ0v) is 13.5. The van der Waals surface area contributed by atoms with E-state index < -0.39 is 0 Å². The molecule has 0 fully saturated rings. The second-order valence-electron chi connectivity index (χ2n) is 4.08. The summed E-state index contributed by atoms with van der Waals surface area (Å²) in [4.78, 5) is 0. The van der Waals surface area contributed by atoms with Crippen LogP contribution in [0.3, 0.4) is 0 Å². The van der Waals surface area contributed by atoms with Gasteiger partial charge in [0.15, 0.2) is 0 Å². The van der Waals surface area contributed by atoms with Crippen LogP contribution in [0, 0.1) is 0 Å². The van der Waals surface area contributed by atoms with Crippen molar-refractivity contribution in [2.24, 2.45) is 0 Å². The summed E-state index contributed by atoms with van der Waals surface area (Å²) in [7, 11) is 0. The second-order valence-corrected chi connectivity index (χ2v) is 6.55. The summed E-state index contributed by atoms with van der Waals surface area (Å²) < 4.78 is 1.63. The Morgan fingerprint density at radius 2 is 1.29 bits per heavy atom. The van der Waals surface area contributed by atoms with Crippen LogP contribution in [0.1, 0.15) is 26.7 Å². The topological polar surface area (TPSA) is 0 Å². The van der Waals surface area contributed by atoms with Gasteiger partial charge < -0.3 is 0 Å². The van der Waals surface area contributed by atoms with Crippen molar-refractivity contribution >= 4 is 24.8 Å². The molecule has 0 spiro atoms. The third-order valence-electron chi connectivity index (χ3n) is 3.20. The van der Waals surface area contributed by atoms with Gasteiger partial charge in [0.25, 0.3) is 0 Å². The predicted octanol–water partition coefficient (Wildman–Crippen LogP) is 5.30. The Bertz CT molecular complexity index is 319. The fourth-order valence-corrected chi connectivity index (χ4v) is 5.13. The van der Waals surface area contributed by atoms with Crippen LogP contribution >= 0.6 is 24.8 Å². The van der Waals surface area contributed by atoms with Gasteiger partial charge in [-0.25, -0.2) is 0 Å². The smallest absolute Gasteiger partial charge is 0.147 e. The van der Waals surface area contributed by atoms with E-state index in [4.69, 9.17) is 0 Å². The van der Waals surface area contributed by atoms with E-state index in [0.29, 0.717) is 0 Å². The van der Waals surface area contributed by atoms with E-state index in [9.17, 15) is 0 Å². The van der Waals surface area contributed by atoms with Crippen molar-refractivity contribution in [2.45, 2.75) is 35.1 Å². The molecule has 0 bridgehead atoms. The molecular formula is C14H20Cl2Ti. The van der Waals surface area contributed by atoms with Gasteiger partial charge in [-0.2, -0.15) is 0 Å². The maximum Gasteiger partial charge on any atom is -0.147 e. The molecule has 3 heteroatoms. The number of allylic oxidation sites excluding steroid dienone is 8. The summed E-state index contributed by atoms with van der Waals surface area (Å²) in [6, 6.07) is 0. The third-order valence-corrected chi connectivity index (χ3v) is 6.08. The molecule has 0 aromatic carbocycles. The Morgan fingerprint density at radius 3 is 1.65 bits per heavy atom. The van der Waals surface area contributed by atoms with Crippen LogP contribution in [-0.2, 0) is 19.2 Å². The normalized spacial score (nSPS) is 24.8. The molecule has 0 heterocycles. The number of rotatable bonds is 4. The summed E-state index contributed by atoms with van der Waals surface area (Å²) in [5.41, 5.74) is 3.32. The van der Waals surface area contributed by atoms with Gasteiger partial charge in [-0.15, -0.1) is 24.8 Å². The zero-order chi connectivity index (χ0) is 10.7. The molecule has 2 aliphatic rings. The average molecular weight is 307 g/mol. The van der Waals surface area contributed by atoms with Gasteiger partial charge in [-0.05, 0) is 0 Å².